The van der Waals surface area contributed by atoms with E-state index in [0.717, 1.165) is 50.0 Å². The van der Waals surface area contributed by atoms with Crippen molar-refractivity contribution in [2.45, 2.75) is 0 Å². The van der Waals surface area contributed by atoms with E-state index in [-0.39, 0.29) is 0 Å². The molecule has 0 aliphatic carbocycles. The summed E-state index contributed by atoms with van der Waals surface area (Å²) < 4.78 is 0. The number of aromatic nitrogens is 3. The third-order valence-corrected chi connectivity index (χ3v) is 12.4. The fourth-order valence-corrected chi connectivity index (χ4v) is 9.52. The number of benzene rings is 9. The Hall–Kier alpha value is -8.27. The van der Waals surface area contributed by atoms with Gasteiger partial charge < -0.3 is 0 Å². The van der Waals surface area contributed by atoms with Crippen molar-refractivity contribution in [1.29, 1.82) is 0 Å². The van der Waals surface area contributed by atoms with Crippen molar-refractivity contribution in [3.8, 4) is 45.0 Å². The van der Waals surface area contributed by atoms with E-state index in [2.05, 4.69) is 205 Å². The van der Waals surface area contributed by atoms with Gasteiger partial charge in [0.15, 0.2) is 5.82 Å². The molecule has 3 nitrogen and oxygen atoms in total. The number of pyridine rings is 1. The summed E-state index contributed by atoms with van der Waals surface area (Å²) in [6.07, 6.45) is 3.70. The molecule has 0 N–H and O–H groups in total. The van der Waals surface area contributed by atoms with Gasteiger partial charge in [0.05, 0.1) is 11.4 Å². The second-order valence-electron chi connectivity index (χ2n) is 15.9. The van der Waals surface area contributed by atoms with Crippen LogP contribution in [0.15, 0.2) is 225 Å². The minimum Gasteiger partial charge on any atom is -0.264 e. The Balaban J connectivity index is 1.25. The first-order valence-electron chi connectivity index (χ1n) is 21.1. The van der Waals surface area contributed by atoms with E-state index in [1.807, 2.05) is 18.3 Å². The van der Waals surface area contributed by atoms with Crippen LogP contribution in [0.5, 0.6) is 0 Å². The summed E-state index contributed by atoms with van der Waals surface area (Å²) in [5, 5.41) is 16.8. The molecule has 0 bridgehead atoms. The lowest BCUT2D eigenvalue weighted by Gasteiger charge is -2.15. The number of rotatable bonds is 4. The second-order valence-corrected chi connectivity index (χ2v) is 15.9. The second kappa shape index (κ2) is 14.8. The van der Waals surface area contributed by atoms with Gasteiger partial charge in [-0.3, -0.25) is 4.98 Å². The van der Waals surface area contributed by atoms with E-state index in [1.54, 1.807) is 6.20 Å². The molecule has 288 valence electrons. The fourth-order valence-electron chi connectivity index (χ4n) is 9.52. The Kier molecular flexibility index (Phi) is 8.50. The molecule has 0 amide bonds. The van der Waals surface area contributed by atoms with Crippen molar-refractivity contribution in [3.63, 3.8) is 0 Å². The van der Waals surface area contributed by atoms with Crippen molar-refractivity contribution < 1.29 is 0 Å². The van der Waals surface area contributed by atoms with Crippen molar-refractivity contribution in [2.24, 2.45) is 0 Å². The van der Waals surface area contributed by atoms with Gasteiger partial charge in [-0.1, -0.05) is 194 Å². The van der Waals surface area contributed by atoms with Gasteiger partial charge in [-0.2, -0.15) is 0 Å². The number of hydrogen-bond donors (Lipinski definition) is 0. The van der Waals surface area contributed by atoms with Gasteiger partial charge in [0.25, 0.3) is 0 Å². The van der Waals surface area contributed by atoms with E-state index < -0.39 is 0 Å². The summed E-state index contributed by atoms with van der Waals surface area (Å²) in [7, 11) is 0. The summed E-state index contributed by atoms with van der Waals surface area (Å²) in [5.74, 6) is 0.670. The molecule has 0 aliphatic heterocycles. The normalized spacial score (nSPS) is 11.5. The highest BCUT2D eigenvalue weighted by Gasteiger charge is 2.17. The number of nitrogens with zero attached hydrogens (tertiary/aromatic N) is 3. The smallest absolute Gasteiger partial charge is 0.160 e. The number of hydrogen-bond acceptors (Lipinski definition) is 3. The Morgan fingerprint density at radius 2 is 0.613 bits per heavy atom. The van der Waals surface area contributed by atoms with Gasteiger partial charge >= 0.3 is 0 Å². The van der Waals surface area contributed by atoms with Gasteiger partial charge in [0.1, 0.15) is 0 Å². The van der Waals surface area contributed by atoms with Gasteiger partial charge in [0.2, 0.25) is 0 Å². The number of fused-ring (bicyclic) bond motifs is 15. The molecule has 0 atom stereocenters. The first-order valence-corrected chi connectivity index (χ1v) is 21.1. The van der Waals surface area contributed by atoms with Crippen LogP contribution in [0, 0.1) is 0 Å². The lowest BCUT2D eigenvalue weighted by molar-refractivity contribution is 1.18. The molecule has 3 heteroatoms. The molecule has 0 radical (unpaired) electrons. The molecule has 0 spiro atoms. The SMILES string of the molecule is c1ccc(-c2cc(-c3ccc(-c4cccnc4)cc3)nc(-c3ccc4c5ccccc5c5ccccc5c5ccccc5c5c6ccccc6c6ccccc6c5c4c3)n2)cc1. The highest BCUT2D eigenvalue weighted by atomic mass is 14.9. The first-order chi connectivity index (χ1) is 30.8. The van der Waals surface area contributed by atoms with E-state index >= 15 is 0 Å². The van der Waals surface area contributed by atoms with E-state index in [4.69, 9.17) is 9.97 Å². The summed E-state index contributed by atoms with van der Waals surface area (Å²) in [5.41, 5.74) is 6.92. The van der Waals surface area contributed by atoms with Crippen LogP contribution in [0.2, 0.25) is 0 Å². The minimum absolute atomic E-state index is 0.670. The van der Waals surface area contributed by atoms with Crippen molar-refractivity contribution >= 4 is 75.4 Å². The van der Waals surface area contributed by atoms with Crippen LogP contribution in [0.4, 0.5) is 0 Å². The average Bonchev–Trinajstić information content (AvgIpc) is 3.36. The molecule has 12 rings (SSSR count). The summed E-state index contributed by atoms with van der Waals surface area (Å²) in [6.45, 7) is 0. The van der Waals surface area contributed by atoms with Crippen LogP contribution in [0.3, 0.4) is 0 Å². The molecule has 0 saturated carbocycles. The van der Waals surface area contributed by atoms with Crippen LogP contribution >= 0.6 is 0 Å². The molecule has 62 heavy (non-hydrogen) atoms. The molecular weight excluding hydrogens is 751 g/mol. The highest BCUT2D eigenvalue weighted by Crippen LogP contribution is 2.44. The monoisotopic (exact) mass is 787 g/mol. The van der Waals surface area contributed by atoms with Gasteiger partial charge in [0, 0.05) is 29.1 Å². The Morgan fingerprint density at radius 1 is 0.242 bits per heavy atom. The van der Waals surface area contributed by atoms with Crippen molar-refractivity contribution in [1.82, 2.24) is 15.0 Å². The lowest BCUT2D eigenvalue weighted by Crippen LogP contribution is -1.96. The molecule has 0 fully saturated rings. The van der Waals surface area contributed by atoms with Crippen LogP contribution in [-0.2, 0) is 0 Å². The zero-order valence-corrected chi connectivity index (χ0v) is 33.7. The van der Waals surface area contributed by atoms with Crippen LogP contribution in [0.1, 0.15) is 0 Å². The quantitative estimate of drug-likeness (QED) is 0.167. The molecule has 2 aromatic heterocycles. The standard InChI is InChI=1S/C59H37N3/c1-2-15-39(16-3-1)55-36-56(40-30-28-38(29-31-40)42-17-14-34-60-37-42)62-59(61-55)41-32-33-50-46-21-7-5-19-44(46)43-18-4-6-20-45(43)47-22-8-11-25-51(47)57-52-26-12-9-23-48(52)49-24-10-13-27-53(49)58(57)54(50)35-41/h1-37H. The van der Waals surface area contributed by atoms with Gasteiger partial charge in [-0.05, 0) is 105 Å². The van der Waals surface area contributed by atoms with Crippen molar-refractivity contribution in [2.75, 3.05) is 0 Å². The highest BCUT2D eigenvalue weighted by molar-refractivity contribution is 6.38. The van der Waals surface area contributed by atoms with Crippen LogP contribution in [-0.4, -0.2) is 15.0 Å². The summed E-state index contributed by atoms with van der Waals surface area (Å²) in [4.78, 5) is 15.1. The predicted molar refractivity (Wildman–Crippen MR) is 262 cm³/mol. The molecule has 10 aromatic carbocycles. The average molecular weight is 788 g/mol. The summed E-state index contributed by atoms with van der Waals surface area (Å²) >= 11 is 0. The summed E-state index contributed by atoms with van der Waals surface area (Å²) in [6, 6.07) is 76.5. The maximum absolute atomic E-state index is 5.38. The van der Waals surface area contributed by atoms with Crippen molar-refractivity contribution in [3.05, 3.63) is 225 Å². The largest absolute Gasteiger partial charge is 0.264 e. The molecular formula is C59H37N3. The maximum atomic E-state index is 5.38. The van der Waals surface area contributed by atoms with E-state index in [1.165, 1.54) is 64.6 Å². The maximum Gasteiger partial charge on any atom is 0.160 e. The lowest BCUT2D eigenvalue weighted by atomic mass is 9.88. The Bertz CT molecular complexity index is 3780. The Labute approximate surface area is 358 Å². The van der Waals surface area contributed by atoms with E-state index in [0.29, 0.717) is 5.82 Å². The molecule has 0 aliphatic rings. The Morgan fingerprint density at radius 3 is 1.10 bits per heavy atom. The van der Waals surface area contributed by atoms with Gasteiger partial charge in [-0.15, -0.1) is 0 Å². The minimum atomic E-state index is 0.670. The topological polar surface area (TPSA) is 38.7 Å². The molecule has 0 saturated heterocycles. The zero-order chi connectivity index (χ0) is 41.0. The molecule has 12 aromatic rings. The molecule has 0 unspecified atom stereocenters. The first kappa shape index (κ1) is 35.7. The molecule has 2 heterocycles. The fraction of sp³-hybridized carbons (Fsp3) is 0. The third kappa shape index (κ3) is 5.94. The van der Waals surface area contributed by atoms with Gasteiger partial charge in [-0.25, -0.2) is 9.97 Å². The third-order valence-electron chi connectivity index (χ3n) is 12.4. The van der Waals surface area contributed by atoms with Crippen LogP contribution < -0.4 is 0 Å². The zero-order valence-electron chi connectivity index (χ0n) is 33.7. The van der Waals surface area contributed by atoms with E-state index in [9.17, 15) is 0 Å². The van der Waals surface area contributed by atoms with Crippen LogP contribution in [0.25, 0.3) is 120 Å². The predicted octanol–water partition coefficient (Wildman–Crippen LogP) is 15.7.